The molecule has 202 valence electrons. The fraction of sp³-hybridized carbons (Fsp3) is 0.793. The molecule has 2 N–H and O–H groups in total. The van der Waals surface area contributed by atoms with Gasteiger partial charge in [-0.05, 0) is 68.9 Å². The lowest BCUT2D eigenvalue weighted by Gasteiger charge is -2.29. The van der Waals surface area contributed by atoms with Crippen LogP contribution in [0, 0.1) is 18.7 Å². The molecule has 0 unspecified atom stereocenters. The molecule has 0 amide bonds. The molecule has 0 heterocycles. The van der Waals surface area contributed by atoms with E-state index in [9.17, 15) is 4.57 Å². The van der Waals surface area contributed by atoms with E-state index in [1.165, 1.54) is 57.8 Å². The minimum Gasteiger partial charge on any atom is -0.493 e. The summed E-state index contributed by atoms with van der Waals surface area (Å²) in [7, 11) is -3.82. The highest BCUT2D eigenvalue weighted by Crippen LogP contribution is 2.40. The van der Waals surface area contributed by atoms with Gasteiger partial charge in [0.05, 0.1) is 6.61 Å². The second-order valence-electron chi connectivity index (χ2n) is 10.7. The van der Waals surface area contributed by atoms with Crippen molar-refractivity contribution >= 4 is 7.60 Å². The van der Waals surface area contributed by atoms with E-state index in [4.69, 9.17) is 14.5 Å². The van der Waals surface area contributed by atoms with E-state index in [2.05, 4.69) is 6.92 Å². The molecular weight excluding hydrogens is 462 g/mol. The first-order valence-electron chi connectivity index (χ1n) is 14.3. The molecule has 1 aliphatic carbocycles. The molecule has 1 saturated carbocycles. The van der Waals surface area contributed by atoms with Crippen LogP contribution in [0.15, 0.2) is 12.1 Å². The Morgan fingerprint density at radius 1 is 0.886 bits per heavy atom. The highest BCUT2D eigenvalue weighted by molar-refractivity contribution is 7.51. The van der Waals surface area contributed by atoms with Gasteiger partial charge in [0.1, 0.15) is 11.6 Å². The summed E-state index contributed by atoms with van der Waals surface area (Å²) in [6.07, 6.45) is 19.3. The quantitative estimate of drug-likeness (QED) is 0.152. The Labute approximate surface area is 213 Å². The van der Waals surface area contributed by atoms with Crippen LogP contribution < -0.4 is 4.74 Å². The minimum absolute atomic E-state index is 0.0132. The zero-order valence-electron chi connectivity index (χ0n) is 22.3. The van der Waals surface area contributed by atoms with Crippen LogP contribution in [0.4, 0.5) is 4.39 Å². The summed E-state index contributed by atoms with van der Waals surface area (Å²) in [4.78, 5) is 17.7. The van der Waals surface area contributed by atoms with E-state index in [1.807, 2.05) is 19.1 Å². The summed E-state index contributed by atoms with van der Waals surface area (Å²) in [6.45, 7) is 4.74. The molecule has 35 heavy (non-hydrogen) atoms. The maximum atomic E-state index is 15.2. The van der Waals surface area contributed by atoms with Gasteiger partial charge in [0.2, 0.25) is 0 Å². The van der Waals surface area contributed by atoms with Gasteiger partial charge < -0.3 is 14.5 Å². The number of unbranched alkanes of at least 4 members (excludes halogenated alkanes) is 10. The molecule has 0 spiro atoms. The van der Waals surface area contributed by atoms with Crippen molar-refractivity contribution in [2.75, 3.05) is 12.8 Å². The predicted octanol–water partition coefficient (Wildman–Crippen LogP) is 9.06. The molecule has 6 heteroatoms. The van der Waals surface area contributed by atoms with Crippen LogP contribution in [-0.4, -0.2) is 22.6 Å². The lowest BCUT2D eigenvalue weighted by atomic mass is 9.76. The average Bonchev–Trinajstić information content (AvgIpc) is 2.82. The lowest BCUT2D eigenvalue weighted by Crippen LogP contribution is -2.15. The Bertz CT molecular complexity index is 755. The molecule has 4 nitrogen and oxygen atoms in total. The first-order valence-corrected chi connectivity index (χ1v) is 16.1. The summed E-state index contributed by atoms with van der Waals surface area (Å²) >= 11 is 0. The van der Waals surface area contributed by atoms with Gasteiger partial charge >= 0.3 is 7.60 Å². The Morgan fingerprint density at radius 2 is 1.49 bits per heavy atom. The molecular formula is C29H50FO4P. The molecule has 1 aromatic carbocycles. The summed E-state index contributed by atoms with van der Waals surface area (Å²) < 4.78 is 31.9. The average molecular weight is 513 g/mol. The molecule has 1 fully saturated rings. The Morgan fingerprint density at radius 3 is 2.09 bits per heavy atom. The third-order valence-corrected chi connectivity index (χ3v) is 8.62. The van der Waals surface area contributed by atoms with E-state index in [-0.39, 0.29) is 12.0 Å². The Balaban J connectivity index is 1.58. The number of benzene rings is 1. The van der Waals surface area contributed by atoms with Crippen molar-refractivity contribution in [1.29, 1.82) is 0 Å². The largest absolute Gasteiger partial charge is 0.493 e. The first-order chi connectivity index (χ1) is 16.8. The molecule has 0 saturated heterocycles. The molecule has 0 radical (unpaired) electrons. The van der Waals surface area contributed by atoms with Crippen molar-refractivity contribution in [2.24, 2.45) is 5.92 Å². The van der Waals surface area contributed by atoms with Crippen molar-refractivity contribution < 1.29 is 23.5 Å². The van der Waals surface area contributed by atoms with Crippen molar-refractivity contribution in [1.82, 2.24) is 0 Å². The maximum Gasteiger partial charge on any atom is 0.325 e. The van der Waals surface area contributed by atoms with Crippen LogP contribution in [0.25, 0.3) is 0 Å². The monoisotopic (exact) mass is 512 g/mol. The summed E-state index contributed by atoms with van der Waals surface area (Å²) in [5.74, 6) is 1.83. The van der Waals surface area contributed by atoms with Gasteiger partial charge in [0.15, 0.2) is 0 Å². The topological polar surface area (TPSA) is 66.8 Å². The molecule has 0 bridgehead atoms. The molecule has 0 aromatic heterocycles. The van der Waals surface area contributed by atoms with Gasteiger partial charge in [-0.2, -0.15) is 0 Å². The molecule has 2 rings (SSSR count). The van der Waals surface area contributed by atoms with Crippen LogP contribution >= 0.6 is 7.60 Å². The second-order valence-corrected chi connectivity index (χ2v) is 12.5. The van der Waals surface area contributed by atoms with Crippen LogP contribution in [0.3, 0.4) is 0 Å². The highest BCUT2D eigenvalue weighted by Gasteiger charge is 2.25. The first kappa shape index (κ1) is 30.3. The SMILES string of the molecule is CCCCC[C@H]1CC[C@H](c2ccc(OCCCCCCCCCCCP(=O)(O)O)c(C)c2F)CC1. The lowest BCUT2D eigenvalue weighted by molar-refractivity contribution is 0.293. The normalized spacial score (nSPS) is 18.7. The van der Waals surface area contributed by atoms with Crippen molar-refractivity contribution in [3.63, 3.8) is 0 Å². The molecule has 0 aliphatic heterocycles. The highest BCUT2D eigenvalue weighted by atomic mass is 31.2. The van der Waals surface area contributed by atoms with E-state index in [0.717, 1.165) is 56.4 Å². The van der Waals surface area contributed by atoms with Crippen LogP contribution in [0.2, 0.25) is 0 Å². The molecule has 1 aromatic rings. The molecule has 0 atom stereocenters. The van der Waals surface area contributed by atoms with Crippen LogP contribution in [-0.2, 0) is 4.57 Å². The van der Waals surface area contributed by atoms with E-state index >= 15 is 4.39 Å². The van der Waals surface area contributed by atoms with Crippen molar-refractivity contribution in [3.8, 4) is 5.75 Å². The van der Waals surface area contributed by atoms with Gasteiger partial charge in [0.25, 0.3) is 0 Å². The standard InChI is InChI=1S/C29H50FO4P/c1-3-4-12-15-25-16-18-26(19-17-25)27-20-21-28(24(2)29(27)30)34-22-13-10-8-6-5-7-9-11-14-23-35(31,32)33/h20-21,25-26H,3-19,22-23H2,1-2H3,(H2,31,32,33)/t25-,26-. The van der Waals surface area contributed by atoms with E-state index < -0.39 is 7.60 Å². The Kier molecular flexibility index (Phi) is 14.5. The van der Waals surface area contributed by atoms with Gasteiger partial charge in [-0.15, -0.1) is 0 Å². The Hall–Kier alpha value is -0.900. The number of hydrogen-bond donors (Lipinski definition) is 2. The van der Waals surface area contributed by atoms with Gasteiger partial charge in [-0.1, -0.05) is 83.6 Å². The van der Waals surface area contributed by atoms with Gasteiger partial charge in [0, 0.05) is 11.7 Å². The number of hydrogen-bond acceptors (Lipinski definition) is 2. The maximum absolute atomic E-state index is 15.2. The second kappa shape index (κ2) is 16.8. The van der Waals surface area contributed by atoms with Crippen molar-refractivity contribution in [3.05, 3.63) is 29.1 Å². The van der Waals surface area contributed by atoms with Crippen LogP contribution in [0.1, 0.15) is 133 Å². The van der Waals surface area contributed by atoms with E-state index in [1.54, 1.807) is 0 Å². The van der Waals surface area contributed by atoms with E-state index in [0.29, 0.717) is 30.3 Å². The molecule has 1 aliphatic rings. The third-order valence-electron chi connectivity index (χ3n) is 7.72. The van der Waals surface area contributed by atoms with Gasteiger partial charge in [-0.3, -0.25) is 4.57 Å². The van der Waals surface area contributed by atoms with Crippen LogP contribution in [0.5, 0.6) is 5.75 Å². The summed E-state index contributed by atoms with van der Waals surface area (Å²) in [5, 5.41) is 0. The fourth-order valence-electron chi connectivity index (χ4n) is 5.44. The summed E-state index contributed by atoms with van der Waals surface area (Å²) in [6, 6.07) is 3.95. The zero-order valence-corrected chi connectivity index (χ0v) is 23.2. The van der Waals surface area contributed by atoms with Crippen molar-refractivity contribution in [2.45, 2.75) is 129 Å². The zero-order chi connectivity index (χ0) is 25.5. The number of rotatable bonds is 18. The summed E-state index contributed by atoms with van der Waals surface area (Å²) in [5.41, 5.74) is 1.55. The minimum atomic E-state index is -3.82. The fourth-order valence-corrected chi connectivity index (χ4v) is 6.08. The predicted molar refractivity (Wildman–Crippen MR) is 144 cm³/mol. The van der Waals surface area contributed by atoms with Gasteiger partial charge in [-0.25, -0.2) is 4.39 Å². The number of ether oxygens (including phenoxy) is 1. The number of halogens is 1. The third kappa shape index (κ3) is 12.3. The smallest absolute Gasteiger partial charge is 0.325 e.